The maximum Gasteiger partial charge on any atom is 0.334 e. The first-order chi connectivity index (χ1) is 3.70. The molecule has 0 saturated carbocycles. The van der Waals surface area contributed by atoms with Crippen LogP contribution in [0.1, 0.15) is 5.69 Å². The molecular formula is C4H5IN2O. The Labute approximate surface area is 60.2 Å². The Morgan fingerprint density at radius 1 is 1.88 bits per heavy atom. The van der Waals surface area contributed by atoms with Crippen LogP contribution >= 0.6 is 22.9 Å². The van der Waals surface area contributed by atoms with E-state index in [0.717, 1.165) is 5.69 Å². The van der Waals surface area contributed by atoms with Gasteiger partial charge < -0.3 is 4.98 Å². The van der Waals surface area contributed by atoms with Crippen molar-refractivity contribution >= 4 is 22.9 Å². The monoisotopic (exact) mass is 224 g/mol. The average molecular weight is 224 g/mol. The lowest BCUT2D eigenvalue weighted by molar-refractivity contribution is 1.14. The largest absolute Gasteiger partial charge is 0.334 e. The number of aromatic nitrogens is 2. The molecule has 4 heteroatoms. The first-order valence-corrected chi connectivity index (χ1v) is 3.11. The normalized spacial score (nSPS) is 9.75. The van der Waals surface area contributed by atoms with Crippen LogP contribution in [0.4, 0.5) is 0 Å². The van der Waals surface area contributed by atoms with Crippen molar-refractivity contribution in [1.82, 2.24) is 7.76 Å². The van der Waals surface area contributed by atoms with Crippen molar-refractivity contribution in [3.05, 3.63) is 22.4 Å². The van der Waals surface area contributed by atoms with E-state index in [2.05, 4.69) is 4.98 Å². The quantitative estimate of drug-likeness (QED) is 0.646. The van der Waals surface area contributed by atoms with E-state index in [-0.39, 0.29) is 5.69 Å². The number of H-pyrrole nitrogens is 1. The predicted molar refractivity (Wildman–Crippen MR) is 39.2 cm³/mol. The third-order valence-corrected chi connectivity index (χ3v) is 1.52. The maximum absolute atomic E-state index is 10.5. The second-order valence-corrected chi connectivity index (χ2v) is 2.59. The van der Waals surface area contributed by atoms with E-state index in [1.165, 1.54) is 2.78 Å². The summed E-state index contributed by atoms with van der Waals surface area (Å²) in [6.07, 6.45) is 1.74. The second kappa shape index (κ2) is 1.93. The maximum atomic E-state index is 10.5. The second-order valence-electron chi connectivity index (χ2n) is 1.55. The molecule has 1 rings (SSSR count). The Morgan fingerprint density at radius 2 is 2.50 bits per heavy atom. The van der Waals surface area contributed by atoms with Crippen LogP contribution in [-0.2, 0) is 0 Å². The summed E-state index contributed by atoms with van der Waals surface area (Å²) >= 11 is 1.92. The van der Waals surface area contributed by atoms with E-state index in [1.807, 2.05) is 29.8 Å². The van der Waals surface area contributed by atoms with E-state index in [4.69, 9.17) is 0 Å². The minimum atomic E-state index is -0.0666. The molecule has 1 aromatic rings. The van der Waals surface area contributed by atoms with Gasteiger partial charge >= 0.3 is 5.69 Å². The van der Waals surface area contributed by atoms with Gasteiger partial charge in [-0.15, -0.1) is 0 Å². The summed E-state index contributed by atoms with van der Waals surface area (Å²) in [4.78, 5) is 13.1. The standard InChI is InChI=1S/C4H5IN2O/c1-3-2-7(5)4(8)6-3/h2H,1H3,(H,6,8). The lowest BCUT2D eigenvalue weighted by Crippen LogP contribution is -2.06. The zero-order valence-electron chi connectivity index (χ0n) is 4.31. The van der Waals surface area contributed by atoms with Gasteiger partial charge in [-0.25, -0.2) is 7.58 Å². The molecule has 44 valence electrons. The highest BCUT2D eigenvalue weighted by Crippen LogP contribution is 1.90. The van der Waals surface area contributed by atoms with Crippen LogP contribution in [-0.4, -0.2) is 7.76 Å². The van der Waals surface area contributed by atoms with Gasteiger partial charge in [-0.1, -0.05) is 0 Å². The summed E-state index contributed by atoms with van der Waals surface area (Å²) in [5.41, 5.74) is 0.826. The van der Waals surface area contributed by atoms with Crippen LogP contribution in [0.25, 0.3) is 0 Å². The molecule has 1 heterocycles. The molecule has 0 unspecified atom stereocenters. The average Bonchev–Trinajstić information content (AvgIpc) is 1.85. The number of imidazole rings is 1. The Kier molecular flexibility index (Phi) is 1.41. The molecule has 0 bridgehead atoms. The molecule has 0 fully saturated rings. The van der Waals surface area contributed by atoms with Gasteiger partial charge in [-0.05, 0) is 6.92 Å². The highest BCUT2D eigenvalue weighted by molar-refractivity contribution is 14.1. The minimum Gasteiger partial charge on any atom is -0.310 e. The molecule has 0 aliphatic carbocycles. The number of nitrogens with zero attached hydrogens (tertiary/aromatic N) is 1. The summed E-state index contributed by atoms with van der Waals surface area (Å²) in [5, 5.41) is 0. The molecule has 0 aromatic carbocycles. The van der Waals surface area contributed by atoms with Gasteiger partial charge in [0.25, 0.3) is 0 Å². The first-order valence-electron chi connectivity index (χ1n) is 2.14. The molecule has 3 nitrogen and oxygen atoms in total. The zero-order valence-corrected chi connectivity index (χ0v) is 6.47. The fourth-order valence-corrected chi connectivity index (χ4v) is 1.02. The van der Waals surface area contributed by atoms with Gasteiger partial charge in [0.1, 0.15) is 0 Å². The first kappa shape index (κ1) is 5.87. The molecule has 0 amide bonds. The van der Waals surface area contributed by atoms with Crippen LogP contribution in [0.3, 0.4) is 0 Å². The van der Waals surface area contributed by atoms with E-state index >= 15 is 0 Å². The third kappa shape index (κ3) is 0.936. The molecule has 1 aromatic heterocycles. The fourth-order valence-electron chi connectivity index (χ4n) is 0.483. The molecular weight excluding hydrogens is 219 g/mol. The summed E-state index contributed by atoms with van der Waals surface area (Å²) < 4.78 is 1.48. The number of hydrogen-bond donors (Lipinski definition) is 1. The molecule has 1 N–H and O–H groups in total. The Morgan fingerprint density at radius 3 is 2.62 bits per heavy atom. The number of rotatable bonds is 0. The number of aromatic amines is 1. The molecule has 0 saturated heterocycles. The highest BCUT2D eigenvalue weighted by atomic mass is 127. The number of aryl methyl sites for hydroxylation is 1. The predicted octanol–water partition coefficient (Wildman–Crippen LogP) is 0.683. The van der Waals surface area contributed by atoms with E-state index in [0.29, 0.717) is 0 Å². The highest BCUT2D eigenvalue weighted by Gasteiger charge is 1.91. The van der Waals surface area contributed by atoms with Gasteiger partial charge in [0.2, 0.25) is 0 Å². The van der Waals surface area contributed by atoms with Crippen molar-refractivity contribution in [1.29, 1.82) is 0 Å². The molecule has 0 atom stereocenters. The van der Waals surface area contributed by atoms with Crippen molar-refractivity contribution in [2.45, 2.75) is 6.92 Å². The van der Waals surface area contributed by atoms with E-state index in [9.17, 15) is 4.79 Å². The van der Waals surface area contributed by atoms with Crippen molar-refractivity contribution in [3.63, 3.8) is 0 Å². The Balaban J connectivity index is 3.35. The van der Waals surface area contributed by atoms with Gasteiger partial charge in [-0.2, -0.15) is 0 Å². The lowest BCUT2D eigenvalue weighted by atomic mass is 10.6. The summed E-state index contributed by atoms with van der Waals surface area (Å²) in [7, 11) is 0. The molecule has 0 aliphatic heterocycles. The van der Waals surface area contributed by atoms with Gasteiger partial charge in [0.15, 0.2) is 0 Å². The molecule has 8 heavy (non-hydrogen) atoms. The summed E-state index contributed by atoms with van der Waals surface area (Å²) in [5.74, 6) is 0. The van der Waals surface area contributed by atoms with Crippen molar-refractivity contribution in [2.24, 2.45) is 0 Å². The lowest BCUT2D eigenvalue weighted by Gasteiger charge is -1.73. The minimum absolute atomic E-state index is 0.0666. The summed E-state index contributed by atoms with van der Waals surface area (Å²) in [6, 6.07) is 0. The van der Waals surface area contributed by atoms with Crippen LogP contribution in [0.5, 0.6) is 0 Å². The molecule has 0 aliphatic rings. The zero-order chi connectivity index (χ0) is 6.15. The van der Waals surface area contributed by atoms with Crippen LogP contribution < -0.4 is 5.69 Å². The third-order valence-electron chi connectivity index (χ3n) is 0.805. The van der Waals surface area contributed by atoms with Crippen LogP contribution in [0, 0.1) is 6.92 Å². The molecule has 0 spiro atoms. The fraction of sp³-hybridized carbons (Fsp3) is 0.250. The topological polar surface area (TPSA) is 37.8 Å². The number of hydrogen-bond acceptors (Lipinski definition) is 1. The van der Waals surface area contributed by atoms with Crippen molar-refractivity contribution in [2.75, 3.05) is 0 Å². The van der Waals surface area contributed by atoms with Crippen molar-refractivity contribution < 1.29 is 0 Å². The van der Waals surface area contributed by atoms with Gasteiger partial charge in [-0.3, -0.25) is 0 Å². The van der Waals surface area contributed by atoms with Crippen LogP contribution in [0.2, 0.25) is 0 Å². The van der Waals surface area contributed by atoms with Crippen LogP contribution in [0.15, 0.2) is 11.0 Å². The smallest absolute Gasteiger partial charge is 0.310 e. The summed E-state index contributed by atoms with van der Waals surface area (Å²) in [6.45, 7) is 1.84. The molecule has 0 radical (unpaired) electrons. The number of halogens is 1. The van der Waals surface area contributed by atoms with E-state index in [1.54, 1.807) is 6.20 Å². The Bertz CT molecular complexity index is 236. The SMILES string of the molecule is Cc1cn(I)c(=O)[nH]1. The van der Waals surface area contributed by atoms with E-state index < -0.39 is 0 Å². The number of nitrogens with one attached hydrogen (secondary N) is 1. The van der Waals surface area contributed by atoms with Gasteiger partial charge in [0.05, 0.1) is 22.9 Å². The Hall–Kier alpha value is -0.260. The van der Waals surface area contributed by atoms with Crippen molar-refractivity contribution in [3.8, 4) is 0 Å². The van der Waals surface area contributed by atoms with Gasteiger partial charge in [0, 0.05) is 11.9 Å².